The van der Waals surface area contributed by atoms with Crippen molar-refractivity contribution in [2.45, 2.75) is 32.2 Å². The van der Waals surface area contributed by atoms with Crippen molar-refractivity contribution in [2.75, 3.05) is 25.7 Å². The van der Waals surface area contributed by atoms with E-state index in [1.807, 2.05) is 25.3 Å². The summed E-state index contributed by atoms with van der Waals surface area (Å²) in [7, 11) is 1.31. The summed E-state index contributed by atoms with van der Waals surface area (Å²) in [4.78, 5) is 35.6. The third kappa shape index (κ3) is 8.07. The fraction of sp³-hybridized carbons (Fsp3) is 0.500. The third-order valence-corrected chi connectivity index (χ3v) is 4.26. The quantitative estimate of drug-likeness (QED) is 0.488. The van der Waals surface area contributed by atoms with Gasteiger partial charge in [-0.15, -0.1) is 0 Å². The zero-order valence-corrected chi connectivity index (χ0v) is 15.8. The fourth-order valence-corrected chi connectivity index (χ4v) is 2.62. The van der Waals surface area contributed by atoms with Crippen LogP contribution in [0.25, 0.3) is 0 Å². The summed E-state index contributed by atoms with van der Waals surface area (Å²) in [6.07, 6.45) is 3.21. The molecule has 0 saturated heterocycles. The predicted octanol–water partition coefficient (Wildman–Crippen LogP) is 1.92. The van der Waals surface area contributed by atoms with E-state index in [9.17, 15) is 14.4 Å². The molecule has 1 aromatic rings. The van der Waals surface area contributed by atoms with Crippen molar-refractivity contribution < 1.29 is 19.1 Å². The van der Waals surface area contributed by atoms with Crippen LogP contribution in [-0.4, -0.2) is 49.5 Å². The lowest BCUT2D eigenvalue weighted by Crippen LogP contribution is -2.42. The van der Waals surface area contributed by atoms with E-state index < -0.39 is 12.0 Å². The lowest BCUT2D eigenvalue weighted by molar-refractivity contribution is -0.145. The van der Waals surface area contributed by atoms with Crippen molar-refractivity contribution in [3.8, 4) is 0 Å². The fourth-order valence-electron chi connectivity index (χ4n) is 2.15. The third-order valence-electron chi connectivity index (χ3n) is 3.61. The largest absolute Gasteiger partial charge is 0.467 e. The summed E-state index contributed by atoms with van der Waals surface area (Å²) >= 11 is 1.60. The first-order chi connectivity index (χ1) is 12.0. The SMILES string of the molecule is COC(=O)[C@@H](CCSC)NC(=O)CCCNC(=O)c1ccc(C)cc1. The molecule has 2 amide bonds. The van der Waals surface area contributed by atoms with Crippen molar-refractivity contribution in [3.63, 3.8) is 0 Å². The number of rotatable bonds is 10. The summed E-state index contributed by atoms with van der Waals surface area (Å²) in [6.45, 7) is 2.36. The van der Waals surface area contributed by atoms with Crippen LogP contribution in [0.1, 0.15) is 35.2 Å². The van der Waals surface area contributed by atoms with E-state index >= 15 is 0 Å². The number of hydrogen-bond acceptors (Lipinski definition) is 5. The average Bonchev–Trinajstić information content (AvgIpc) is 2.61. The molecule has 1 aromatic carbocycles. The molecule has 138 valence electrons. The number of ether oxygens (including phenoxy) is 1. The summed E-state index contributed by atoms with van der Waals surface area (Å²) in [5.41, 5.74) is 1.69. The Morgan fingerprint density at radius 1 is 1.20 bits per heavy atom. The van der Waals surface area contributed by atoms with E-state index in [2.05, 4.69) is 10.6 Å². The Bertz CT molecular complexity index is 575. The molecule has 0 unspecified atom stereocenters. The minimum absolute atomic E-state index is 0.159. The van der Waals surface area contributed by atoms with E-state index in [0.29, 0.717) is 24.9 Å². The summed E-state index contributed by atoms with van der Waals surface area (Å²) in [5.74, 6) is -0.0592. The molecule has 25 heavy (non-hydrogen) atoms. The summed E-state index contributed by atoms with van der Waals surface area (Å²) in [6, 6.07) is 6.68. The maximum absolute atomic E-state index is 12.0. The topological polar surface area (TPSA) is 84.5 Å². The highest BCUT2D eigenvalue weighted by Crippen LogP contribution is 2.04. The van der Waals surface area contributed by atoms with Crippen molar-refractivity contribution in [2.24, 2.45) is 0 Å². The first-order valence-corrected chi connectivity index (χ1v) is 9.58. The number of carbonyl (C=O) groups excluding carboxylic acids is 3. The van der Waals surface area contributed by atoms with Gasteiger partial charge in [0.1, 0.15) is 6.04 Å². The van der Waals surface area contributed by atoms with Gasteiger partial charge in [-0.1, -0.05) is 17.7 Å². The second-order valence-corrected chi connectivity index (χ2v) is 6.64. The monoisotopic (exact) mass is 366 g/mol. The second-order valence-electron chi connectivity index (χ2n) is 5.65. The molecule has 0 fully saturated rings. The molecule has 0 spiro atoms. The van der Waals surface area contributed by atoms with Gasteiger partial charge < -0.3 is 15.4 Å². The van der Waals surface area contributed by atoms with Crippen LogP contribution in [0, 0.1) is 6.92 Å². The van der Waals surface area contributed by atoms with Gasteiger partial charge in [0.2, 0.25) is 5.91 Å². The number of esters is 1. The van der Waals surface area contributed by atoms with Gasteiger partial charge in [-0.2, -0.15) is 11.8 Å². The molecular weight excluding hydrogens is 340 g/mol. The predicted molar refractivity (Wildman–Crippen MR) is 99.7 cm³/mol. The standard InChI is InChI=1S/C18H26N2O4S/c1-13-6-8-14(9-7-13)17(22)19-11-4-5-16(21)20-15(10-12-25-3)18(23)24-2/h6-9,15H,4-5,10-12H2,1-3H3,(H,19,22)(H,20,21)/t15-/m1/s1. The molecule has 2 N–H and O–H groups in total. The number of methoxy groups -OCH3 is 1. The van der Waals surface area contributed by atoms with Gasteiger partial charge in [0.25, 0.3) is 5.91 Å². The van der Waals surface area contributed by atoms with Gasteiger partial charge in [-0.05, 0) is 43.9 Å². The second kappa shape index (κ2) is 11.5. The Morgan fingerprint density at radius 3 is 2.48 bits per heavy atom. The molecule has 0 aliphatic heterocycles. The van der Waals surface area contributed by atoms with E-state index in [1.165, 1.54) is 7.11 Å². The van der Waals surface area contributed by atoms with Crippen LogP contribution in [0.5, 0.6) is 0 Å². The van der Waals surface area contributed by atoms with Crippen molar-refractivity contribution in [1.82, 2.24) is 10.6 Å². The lowest BCUT2D eigenvalue weighted by atomic mass is 10.1. The molecule has 0 aliphatic rings. The molecule has 0 saturated carbocycles. The number of aryl methyl sites for hydroxylation is 1. The summed E-state index contributed by atoms with van der Waals surface area (Å²) in [5, 5.41) is 5.47. The van der Waals surface area contributed by atoms with E-state index in [0.717, 1.165) is 11.3 Å². The minimum atomic E-state index is -0.618. The first kappa shape index (κ1) is 21.0. The first-order valence-electron chi connectivity index (χ1n) is 8.19. The highest BCUT2D eigenvalue weighted by molar-refractivity contribution is 7.98. The Morgan fingerprint density at radius 2 is 1.88 bits per heavy atom. The molecule has 1 rings (SSSR count). The molecule has 0 aromatic heterocycles. The molecule has 7 heteroatoms. The number of carbonyl (C=O) groups is 3. The number of hydrogen-bond donors (Lipinski definition) is 2. The van der Waals surface area contributed by atoms with Gasteiger partial charge in [0, 0.05) is 18.5 Å². The van der Waals surface area contributed by atoms with Gasteiger partial charge in [-0.3, -0.25) is 9.59 Å². The average molecular weight is 366 g/mol. The van der Waals surface area contributed by atoms with Crippen molar-refractivity contribution in [3.05, 3.63) is 35.4 Å². The van der Waals surface area contributed by atoms with Crippen LogP contribution in [0.3, 0.4) is 0 Å². The normalized spacial score (nSPS) is 11.5. The van der Waals surface area contributed by atoms with E-state index in [1.54, 1.807) is 23.9 Å². The zero-order chi connectivity index (χ0) is 18.7. The molecular formula is C18H26N2O4S. The zero-order valence-electron chi connectivity index (χ0n) is 15.0. The number of nitrogens with one attached hydrogen (secondary N) is 2. The Hall–Kier alpha value is -2.02. The van der Waals surface area contributed by atoms with Gasteiger partial charge in [0.05, 0.1) is 7.11 Å². The molecule has 6 nitrogen and oxygen atoms in total. The van der Waals surface area contributed by atoms with Crippen LogP contribution in [0.2, 0.25) is 0 Å². The highest BCUT2D eigenvalue weighted by atomic mass is 32.2. The van der Waals surface area contributed by atoms with E-state index in [4.69, 9.17) is 4.74 Å². The van der Waals surface area contributed by atoms with Crippen molar-refractivity contribution >= 4 is 29.5 Å². The lowest BCUT2D eigenvalue weighted by Gasteiger charge is -2.16. The van der Waals surface area contributed by atoms with Gasteiger partial charge >= 0.3 is 5.97 Å². The molecule has 0 aliphatic carbocycles. The number of thioether (sulfide) groups is 1. The Balaban J connectivity index is 2.32. The van der Waals surface area contributed by atoms with Gasteiger partial charge in [0.15, 0.2) is 0 Å². The van der Waals surface area contributed by atoms with Crippen molar-refractivity contribution in [1.29, 1.82) is 0 Å². The van der Waals surface area contributed by atoms with E-state index in [-0.39, 0.29) is 18.2 Å². The smallest absolute Gasteiger partial charge is 0.328 e. The van der Waals surface area contributed by atoms with Crippen LogP contribution < -0.4 is 10.6 Å². The molecule has 1 atom stereocenters. The molecule has 0 heterocycles. The van der Waals surface area contributed by atoms with Crippen LogP contribution in [0.15, 0.2) is 24.3 Å². The maximum Gasteiger partial charge on any atom is 0.328 e. The highest BCUT2D eigenvalue weighted by Gasteiger charge is 2.20. The molecule has 0 bridgehead atoms. The molecule has 0 radical (unpaired) electrons. The number of benzene rings is 1. The van der Waals surface area contributed by atoms with Gasteiger partial charge in [-0.25, -0.2) is 4.79 Å². The van der Waals surface area contributed by atoms with Crippen LogP contribution >= 0.6 is 11.8 Å². The number of amides is 2. The Labute approximate surface area is 153 Å². The minimum Gasteiger partial charge on any atom is -0.467 e. The summed E-state index contributed by atoms with van der Waals surface area (Å²) < 4.78 is 4.70. The van der Waals surface area contributed by atoms with Crippen LogP contribution in [0.4, 0.5) is 0 Å². The maximum atomic E-state index is 12.0. The Kier molecular flexibility index (Phi) is 9.69. The van der Waals surface area contributed by atoms with Crippen LogP contribution in [-0.2, 0) is 14.3 Å².